The van der Waals surface area contributed by atoms with Crippen molar-refractivity contribution in [3.63, 3.8) is 0 Å². The van der Waals surface area contributed by atoms with Gasteiger partial charge < -0.3 is 5.32 Å². The lowest BCUT2D eigenvalue weighted by molar-refractivity contribution is -0.686. The normalized spacial score (nSPS) is 18.1. The summed E-state index contributed by atoms with van der Waals surface area (Å²) in [6.45, 7) is 7.29. The molecule has 1 aromatic carbocycles. The first-order valence-electron chi connectivity index (χ1n) is 9.47. The van der Waals surface area contributed by atoms with Gasteiger partial charge in [0.05, 0.1) is 6.54 Å². The van der Waals surface area contributed by atoms with Crippen molar-refractivity contribution in [2.24, 2.45) is 4.99 Å². The van der Waals surface area contributed by atoms with E-state index in [-0.39, 0.29) is 11.9 Å². The van der Waals surface area contributed by atoms with E-state index in [1.54, 1.807) is 7.05 Å². The quantitative estimate of drug-likeness (QED) is 0.780. The minimum absolute atomic E-state index is 0.261. The van der Waals surface area contributed by atoms with Gasteiger partial charge in [-0.3, -0.25) is 14.6 Å². The highest BCUT2D eigenvalue weighted by Gasteiger charge is 2.53. The number of carbonyl (C=O) groups is 2. The van der Waals surface area contributed by atoms with E-state index in [0.29, 0.717) is 24.9 Å². The number of aliphatic imine (C=N–C) groups is 1. The number of aryl methyl sites for hydroxylation is 1. The number of anilines is 1. The fraction of sp³-hybridized carbons (Fsp3) is 0.400. The maximum atomic E-state index is 12.8. The third kappa shape index (κ3) is 2.90. The number of amidine groups is 1. The van der Waals surface area contributed by atoms with E-state index in [9.17, 15) is 9.59 Å². The van der Waals surface area contributed by atoms with Crippen LogP contribution < -0.4 is 9.88 Å². The highest BCUT2D eigenvalue weighted by Crippen LogP contribution is 2.34. The van der Waals surface area contributed by atoms with Crippen LogP contribution >= 0.6 is 11.6 Å². The summed E-state index contributed by atoms with van der Waals surface area (Å²) in [5.41, 5.74) is 4.00. The maximum Gasteiger partial charge on any atom is 0.402 e. The van der Waals surface area contributed by atoms with Crippen LogP contribution in [0.15, 0.2) is 23.2 Å². The van der Waals surface area contributed by atoms with Crippen molar-refractivity contribution in [3.8, 4) is 0 Å². The number of rotatable bonds is 4. The van der Waals surface area contributed by atoms with Crippen molar-refractivity contribution in [1.29, 1.82) is 0 Å². The third-order valence-corrected chi connectivity index (χ3v) is 6.19. The zero-order chi connectivity index (χ0) is 21.0. The maximum absolute atomic E-state index is 12.8. The number of nitrogens with one attached hydrogen (secondary N) is 1. The molecule has 3 amide bonds. The van der Waals surface area contributed by atoms with Gasteiger partial charge in [0.2, 0.25) is 11.9 Å². The molecule has 1 unspecified atom stereocenters. The third-order valence-electron chi connectivity index (χ3n) is 5.78. The number of likely N-dealkylation sites (N-methyl/N-ethyl adjacent to an activating group) is 2. The zero-order valence-electron chi connectivity index (χ0n) is 17.2. The van der Waals surface area contributed by atoms with E-state index >= 15 is 0 Å². The van der Waals surface area contributed by atoms with Crippen LogP contribution in [0.1, 0.15) is 23.0 Å². The Morgan fingerprint density at radius 2 is 1.90 bits per heavy atom. The van der Waals surface area contributed by atoms with E-state index in [2.05, 4.69) is 14.9 Å². The van der Waals surface area contributed by atoms with Crippen molar-refractivity contribution >= 4 is 41.0 Å². The molecule has 8 nitrogen and oxygen atoms in total. The minimum atomic E-state index is -0.596. The topological polar surface area (TPSA) is 73.8 Å². The Balaban J connectivity index is 1.62. The van der Waals surface area contributed by atoms with Crippen LogP contribution in [0.2, 0.25) is 5.02 Å². The van der Waals surface area contributed by atoms with Gasteiger partial charge >= 0.3 is 12.0 Å². The summed E-state index contributed by atoms with van der Waals surface area (Å²) in [6, 6.07) is 4.93. The summed E-state index contributed by atoms with van der Waals surface area (Å²) in [5.74, 6) is 0.901. The van der Waals surface area contributed by atoms with Gasteiger partial charge in [-0.1, -0.05) is 22.7 Å². The number of imide groups is 1. The second kappa shape index (κ2) is 6.88. The van der Waals surface area contributed by atoms with Crippen molar-refractivity contribution in [3.05, 3.63) is 40.2 Å². The molecule has 3 heterocycles. The summed E-state index contributed by atoms with van der Waals surface area (Å²) in [6.07, 6.45) is 0. The number of carbonyl (C=O) groups excluding carboxylic acids is 2. The number of fused-ring (bicyclic) bond motifs is 3. The highest BCUT2D eigenvalue weighted by atomic mass is 35.5. The molecule has 0 aliphatic carbocycles. The molecule has 1 N–H and O–H groups in total. The summed E-state index contributed by atoms with van der Waals surface area (Å²) < 4.78 is 4.00. The predicted molar refractivity (Wildman–Crippen MR) is 111 cm³/mol. The number of halogens is 1. The van der Waals surface area contributed by atoms with Gasteiger partial charge in [0.15, 0.2) is 0 Å². The standard InChI is InChI=1S/C20H24ClN6O2/c1-11-6-7-14(10-15(11)21)22-8-9-26-12(2)13(3)27-16-17(23-19(26)27)24(4)20(29)25(5)18(16)28/h6-7,10,16,22H,8-9H2,1-5H3/q+1. The van der Waals surface area contributed by atoms with Crippen molar-refractivity contribution in [2.75, 3.05) is 26.0 Å². The number of hydrogen-bond acceptors (Lipinski definition) is 4. The molecule has 1 saturated heterocycles. The molecule has 9 heteroatoms. The number of aromatic nitrogens is 2. The number of imidazole rings is 1. The van der Waals surface area contributed by atoms with E-state index in [0.717, 1.165) is 32.6 Å². The summed E-state index contributed by atoms with van der Waals surface area (Å²) >= 11 is 6.20. The van der Waals surface area contributed by atoms with Crippen molar-refractivity contribution < 1.29 is 14.2 Å². The molecule has 1 atom stereocenters. The molecule has 0 radical (unpaired) electrons. The van der Waals surface area contributed by atoms with E-state index < -0.39 is 6.04 Å². The second-order valence-corrected chi connectivity index (χ2v) is 7.90. The molecule has 4 rings (SSSR count). The van der Waals surface area contributed by atoms with Gasteiger partial charge in [-0.25, -0.2) is 13.9 Å². The molecule has 0 spiro atoms. The lowest BCUT2D eigenvalue weighted by Gasteiger charge is -2.30. The number of benzene rings is 1. The Morgan fingerprint density at radius 1 is 1.17 bits per heavy atom. The zero-order valence-corrected chi connectivity index (χ0v) is 17.9. The Bertz CT molecular complexity index is 1070. The van der Waals surface area contributed by atoms with Gasteiger partial charge in [-0.05, 0) is 38.5 Å². The molecule has 0 bridgehead atoms. The average molecular weight is 416 g/mol. The van der Waals surface area contributed by atoms with Gasteiger partial charge in [-0.15, -0.1) is 0 Å². The summed E-state index contributed by atoms with van der Waals surface area (Å²) in [4.78, 5) is 32.4. The van der Waals surface area contributed by atoms with Crippen molar-refractivity contribution in [2.45, 2.75) is 33.4 Å². The number of nitrogens with zero attached hydrogens (tertiary/aromatic N) is 5. The molecular weight excluding hydrogens is 392 g/mol. The van der Waals surface area contributed by atoms with Gasteiger partial charge in [0, 0.05) is 31.4 Å². The average Bonchev–Trinajstić information content (AvgIpc) is 3.19. The first-order valence-corrected chi connectivity index (χ1v) is 9.85. The first-order chi connectivity index (χ1) is 13.7. The van der Waals surface area contributed by atoms with E-state index in [4.69, 9.17) is 11.6 Å². The van der Waals surface area contributed by atoms with E-state index in [1.807, 2.05) is 43.5 Å². The number of amides is 3. The molecule has 0 saturated carbocycles. The van der Waals surface area contributed by atoms with Gasteiger partial charge in [-0.2, -0.15) is 0 Å². The van der Waals surface area contributed by atoms with Crippen LogP contribution in [0.5, 0.6) is 0 Å². The predicted octanol–water partition coefficient (Wildman–Crippen LogP) is 2.57. The SMILES string of the molecule is Cc1ccc(NCC[n+]2c(C)c(C)n3c2N=C2C3C(=O)N(C)C(=O)N2C)cc1Cl. The second-order valence-electron chi connectivity index (χ2n) is 7.49. The molecular formula is C20H24ClN6O2+. The molecule has 29 heavy (non-hydrogen) atoms. The van der Waals surface area contributed by atoms with E-state index in [1.165, 1.54) is 11.9 Å². The fourth-order valence-corrected chi connectivity index (χ4v) is 4.05. The lowest BCUT2D eigenvalue weighted by Crippen LogP contribution is -2.56. The number of hydrogen-bond donors (Lipinski definition) is 1. The molecule has 2 aliphatic rings. The van der Waals surface area contributed by atoms with Crippen LogP contribution in [0.4, 0.5) is 16.4 Å². The van der Waals surface area contributed by atoms with Gasteiger partial charge in [0.1, 0.15) is 11.4 Å². The molecule has 152 valence electrons. The Hall–Kier alpha value is -2.87. The Labute approximate surface area is 174 Å². The highest BCUT2D eigenvalue weighted by molar-refractivity contribution is 6.31. The first kappa shape index (κ1) is 19.4. The van der Waals surface area contributed by atoms with Crippen LogP contribution in [0, 0.1) is 20.8 Å². The molecule has 2 aliphatic heterocycles. The Morgan fingerprint density at radius 3 is 2.59 bits per heavy atom. The van der Waals surface area contributed by atoms with Crippen LogP contribution in [-0.2, 0) is 11.3 Å². The molecule has 1 fully saturated rings. The fourth-order valence-electron chi connectivity index (χ4n) is 3.86. The molecule has 2 aromatic rings. The smallest absolute Gasteiger partial charge is 0.382 e. The van der Waals surface area contributed by atoms with Crippen LogP contribution in [0.3, 0.4) is 0 Å². The van der Waals surface area contributed by atoms with Crippen molar-refractivity contribution in [1.82, 2.24) is 14.4 Å². The van der Waals surface area contributed by atoms with Crippen LogP contribution in [0.25, 0.3) is 0 Å². The summed E-state index contributed by atoms with van der Waals surface area (Å²) in [7, 11) is 3.16. The van der Waals surface area contributed by atoms with Gasteiger partial charge in [0.25, 0.3) is 5.91 Å². The molecule has 1 aromatic heterocycles. The Kier molecular flexibility index (Phi) is 4.61. The monoisotopic (exact) mass is 415 g/mol. The minimum Gasteiger partial charge on any atom is -0.382 e. The largest absolute Gasteiger partial charge is 0.402 e. The number of urea groups is 1. The lowest BCUT2D eigenvalue weighted by atomic mass is 10.1. The van der Waals surface area contributed by atoms with Crippen LogP contribution in [-0.4, -0.2) is 52.8 Å². The summed E-state index contributed by atoms with van der Waals surface area (Å²) in [5, 5.41) is 4.11.